The molecule has 3 nitrogen and oxygen atoms in total. The molecule has 0 N–H and O–H groups in total. The summed E-state index contributed by atoms with van der Waals surface area (Å²) in [6, 6.07) is 67.6. The molecule has 11 rings (SSSR count). The van der Waals surface area contributed by atoms with Crippen LogP contribution in [-0.2, 0) is 5.41 Å². The fourth-order valence-electron chi connectivity index (χ4n) is 9.00. The molecule has 0 fully saturated rings. The highest BCUT2D eigenvalue weighted by Gasteiger charge is 2.37. The first-order valence-corrected chi connectivity index (χ1v) is 19.3. The number of rotatable bonds is 5. The third-order valence-electron chi connectivity index (χ3n) is 11.8. The lowest BCUT2D eigenvalue weighted by Gasteiger charge is -2.22. The summed E-state index contributed by atoms with van der Waals surface area (Å²) in [7, 11) is 0. The highest BCUT2D eigenvalue weighted by Crippen LogP contribution is 2.53. The zero-order valence-electron chi connectivity index (χ0n) is 31.2. The first-order chi connectivity index (χ1) is 27.5. The van der Waals surface area contributed by atoms with E-state index in [1.54, 1.807) is 0 Å². The largest absolute Gasteiger partial charge is 0.309 e. The zero-order valence-corrected chi connectivity index (χ0v) is 31.2. The van der Waals surface area contributed by atoms with Crippen molar-refractivity contribution in [2.24, 2.45) is 0 Å². The molecule has 56 heavy (non-hydrogen) atoms. The fraction of sp³-hybridized carbons (Fsp3) is 0.0566. The molecule has 0 amide bonds. The van der Waals surface area contributed by atoms with E-state index in [0.717, 1.165) is 33.8 Å². The van der Waals surface area contributed by atoms with Gasteiger partial charge in [0.2, 0.25) is 0 Å². The fourth-order valence-corrected chi connectivity index (χ4v) is 9.00. The maximum atomic E-state index is 5.19. The van der Waals surface area contributed by atoms with Gasteiger partial charge in [0.05, 0.1) is 22.4 Å². The van der Waals surface area contributed by atoms with Crippen LogP contribution < -0.4 is 0 Å². The molecule has 0 unspecified atom stereocenters. The SMILES string of the molecule is CC1(C)c2cc3ccccc3cc2-c2c(-c3ccc(-c4cc(-c5cccc(-n6c7ccccc7c7ccccc76)c5)nc(-c5ccccc5)n4)cc3)cccc21. The van der Waals surface area contributed by atoms with Gasteiger partial charge in [-0.25, -0.2) is 9.97 Å². The van der Waals surface area contributed by atoms with E-state index in [0.29, 0.717) is 5.82 Å². The normalized spacial score (nSPS) is 13.0. The second-order valence-electron chi connectivity index (χ2n) is 15.4. The Balaban J connectivity index is 1.03. The van der Waals surface area contributed by atoms with Crippen molar-refractivity contribution in [1.82, 2.24) is 14.5 Å². The van der Waals surface area contributed by atoms with E-state index >= 15 is 0 Å². The summed E-state index contributed by atoms with van der Waals surface area (Å²) in [6.45, 7) is 4.71. The summed E-state index contributed by atoms with van der Waals surface area (Å²) in [6.07, 6.45) is 0. The molecule has 264 valence electrons. The average molecular weight is 716 g/mol. The molecule has 0 saturated heterocycles. The Morgan fingerprint density at radius 3 is 1.73 bits per heavy atom. The van der Waals surface area contributed by atoms with E-state index in [4.69, 9.17) is 9.97 Å². The molecule has 2 aromatic heterocycles. The highest BCUT2D eigenvalue weighted by molar-refractivity contribution is 6.09. The summed E-state index contributed by atoms with van der Waals surface area (Å²) < 4.78 is 2.36. The number of hydrogen-bond acceptors (Lipinski definition) is 2. The second-order valence-corrected chi connectivity index (χ2v) is 15.4. The molecule has 8 aromatic carbocycles. The lowest BCUT2D eigenvalue weighted by atomic mass is 9.81. The predicted molar refractivity (Wildman–Crippen MR) is 233 cm³/mol. The van der Waals surface area contributed by atoms with Crippen molar-refractivity contribution in [2.75, 3.05) is 0 Å². The van der Waals surface area contributed by atoms with Gasteiger partial charge in [0.15, 0.2) is 5.82 Å². The third kappa shape index (κ3) is 5.05. The third-order valence-corrected chi connectivity index (χ3v) is 11.8. The number of hydrogen-bond donors (Lipinski definition) is 0. The first kappa shape index (κ1) is 32.3. The van der Waals surface area contributed by atoms with Crippen LogP contribution in [0, 0.1) is 0 Å². The first-order valence-electron chi connectivity index (χ1n) is 19.3. The van der Waals surface area contributed by atoms with Crippen LogP contribution in [0.1, 0.15) is 25.0 Å². The molecule has 0 atom stereocenters. The van der Waals surface area contributed by atoms with Crippen LogP contribution >= 0.6 is 0 Å². The van der Waals surface area contributed by atoms with E-state index in [1.807, 2.05) is 18.2 Å². The van der Waals surface area contributed by atoms with Gasteiger partial charge in [-0.2, -0.15) is 0 Å². The molecule has 0 aliphatic heterocycles. The molecule has 2 heterocycles. The molecular weight excluding hydrogens is 679 g/mol. The van der Waals surface area contributed by atoms with Gasteiger partial charge >= 0.3 is 0 Å². The second kappa shape index (κ2) is 12.5. The molecule has 3 heteroatoms. The Bertz CT molecular complexity index is 3100. The van der Waals surface area contributed by atoms with Crippen molar-refractivity contribution in [2.45, 2.75) is 19.3 Å². The summed E-state index contributed by atoms with van der Waals surface area (Å²) >= 11 is 0. The van der Waals surface area contributed by atoms with Crippen molar-refractivity contribution in [3.8, 4) is 61.8 Å². The Hall–Kier alpha value is -7.10. The predicted octanol–water partition coefficient (Wildman–Crippen LogP) is 13.7. The van der Waals surface area contributed by atoms with Crippen molar-refractivity contribution < 1.29 is 0 Å². The van der Waals surface area contributed by atoms with E-state index < -0.39 is 0 Å². The van der Waals surface area contributed by atoms with Gasteiger partial charge < -0.3 is 4.57 Å². The van der Waals surface area contributed by atoms with Gasteiger partial charge in [0.25, 0.3) is 0 Å². The topological polar surface area (TPSA) is 30.7 Å². The Labute approximate surface area is 326 Å². The van der Waals surface area contributed by atoms with Gasteiger partial charge in [-0.05, 0) is 86.6 Å². The van der Waals surface area contributed by atoms with Crippen molar-refractivity contribution >= 4 is 32.6 Å². The Morgan fingerprint density at radius 1 is 0.411 bits per heavy atom. The lowest BCUT2D eigenvalue weighted by Crippen LogP contribution is -2.14. The molecule has 1 aliphatic carbocycles. The van der Waals surface area contributed by atoms with Gasteiger partial charge in [-0.1, -0.05) is 159 Å². The van der Waals surface area contributed by atoms with Crippen molar-refractivity contribution in [1.29, 1.82) is 0 Å². The smallest absolute Gasteiger partial charge is 0.160 e. The minimum Gasteiger partial charge on any atom is -0.309 e. The van der Waals surface area contributed by atoms with E-state index in [2.05, 4.69) is 188 Å². The van der Waals surface area contributed by atoms with E-state index in [-0.39, 0.29) is 5.41 Å². The number of aromatic nitrogens is 3. The maximum absolute atomic E-state index is 5.19. The van der Waals surface area contributed by atoms with Gasteiger partial charge in [-0.3, -0.25) is 0 Å². The Morgan fingerprint density at radius 2 is 1.00 bits per heavy atom. The van der Waals surface area contributed by atoms with Gasteiger partial charge in [0.1, 0.15) is 0 Å². The highest BCUT2D eigenvalue weighted by atomic mass is 15.0. The maximum Gasteiger partial charge on any atom is 0.160 e. The summed E-state index contributed by atoms with van der Waals surface area (Å²) in [5.41, 5.74) is 16.1. The zero-order chi connectivity index (χ0) is 37.4. The molecular formula is C53H37N3. The number of benzene rings is 8. The van der Waals surface area contributed by atoms with Crippen LogP contribution in [0.25, 0.3) is 94.4 Å². The average Bonchev–Trinajstić information content (AvgIpc) is 3.71. The summed E-state index contributed by atoms with van der Waals surface area (Å²) in [4.78, 5) is 10.4. The van der Waals surface area contributed by atoms with Gasteiger partial charge in [0, 0.05) is 38.6 Å². The van der Waals surface area contributed by atoms with Crippen molar-refractivity contribution in [3.05, 3.63) is 199 Å². The van der Waals surface area contributed by atoms with Crippen LogP contribution in [0.2, 0.25) is 0 Å². The minimum absolute atomic E-state index is 0.0886. The van der Waals surface area contributed by atoms with Crippen LogP contribution in [0.5, 0.6) is 0 Å². The Kier molecular flexibility index (Phi) is 7.20. The molecule has 10 aromatic rings. The standard InChI is InChI=1S/C53H37N3/c1-53(2)45-23-13-22-41(51(45)44-31-37-16-6-7-17-38(37)32-46(44)53)34-26-28-35(29-27-34)47-33-48(55-52(54-47)36-14-4-3-5-15-36)39-18-12-19-40(30-39)56-49-24-10-8-20-42(49)43-21-9-11-25-50(43)56/h3-33H,1-2H3. The summed E-state index contributed by atoms with van der Waals surface area (Å²) in [5.74, 6) is 0.705. The van der Waals surface area contributed by atoms with E-state index in [1.165, 1.54) is 66.0 Å². The van der Waals surface area contributed by atoms with Crippen LogP contribution in [0.3, 0.4) is 0 Å². The lowest BCUT2D eigenvalue weighted by molar-refractivity contribution is 0.661. The number of para-hydroxylation sites is 2. The molecule has 0 spiro atoms. The quantitative estimate of drug-likeness (QED) is 0.178. The van der Waals surface area contributed by atoms with Gasteiger partial charge in [-0.15, -0.1) is 0 Å². The minimum atomic E-state index is -0.0886. The molecule has 0 bridgehead atoms. The van der Waals surface area contributed by atoms with Crippen LogP contribution in [0.4, 0.5) is 0 Å². The van der Waals surface area contributed by atoms with E-state index in [9.17, 15) is 0 Å². The number of fused-ring (bicyclic) bond motifs is 7. The summed E-state index contributed by atoms with van der Waals surface area (Å²) in [5, 5.41) is 5.05. The molecule has 1 aliphatic rings. The molecule has 0 radical (unpaired) electrons. The van der Waals surface area contributed by atoms with Crippen LogP contribution in [0.15, 0.2) is 188 Å². The number of nitrogens with zero attached hydrogens (tertiary/aromatic N) is 3. The van der Waals surface area contributed by atoms with Crippen molar-refractivity contribution in [3.63, 3.8) is 0 Å². The van der Waals surface area contributed by atoms with Crippen LogP contribution in [-0.4, -0.2) is 14.5 Å². The molecule has 0 saturated carbocycles. The monoisotopic (exact) mass is 715 g/mol.